The van der Waals surface area contributed by atoms with Gasteiger partial charge in [-0.25, -0.2) is 0 Å². The highest BCUT2D eigenvalue weighted by atomic mass is 16.5. The normalized spacial score (nSPS) is 16.9. The van der Waals surface area contributed by atoms with Gasteiger partial charge in [0.2, 0.25) is 0 Å². The van der Waals surface area contributed by atoms with E-state index in [0.717, 1.165) is 37.6 Å². The van der Waals surface area contributed by atoms with Gasteiger partial charge in [-0.3, -0.25) is 4.90 Å². The van der Waals surface area contributed by atoms with Crippen LogP contribution >= 0.6 is 0 Å². The van der Waals surface area contributed by atoms with Crippen molar-refractivity contribution in [2.75, 3.05) is 20.8 Å². The monoisotopic (exact) mass is 390 g/mol. The molecule has 29 heavy (non-hydrogen) atoms. The third kappa shape index (κ3) is 3.90. The van der Waals surface area contributed by atoms with Crippen molar-refractivity contribution < 1.29 is 9.47 Å². The number of nitrogens with zero attached hydrogens (tertiary/aromatic N) is 2. The van der Waals surface area contributed by atoms with Crippen molar-refractivity contribution in [3.05, 3.63) is 82.7 Å². The van der Waals surface area contributed by atoms with Gasteiger partial charge in [-0.15, -0.1) is 0 Å². The van der Waals surface area contributed by atoms with E-state index in [9.17, 15) is 0 Å². The van der Waals surface area contributed by atoms with Crippen LogP contribution in [0.15, 0.2) is 54.7 Å². The Hall–Kier alpha value is -2.72. The van der Waals surface area contributed by atoms with E-state index in [1.54, 1.807) is 14.2 Å². The highest BCUT2D eigenvalue weighted by molar-refractivity contribution is 5.43. The molecule has 0 radical (unpaired) electrons. The van der Waals surface area contributed by atoms with Gasteiger partial charge in [-0.05, 0) is 66.8 Å². The molecule has 0 N–H and O–H groups in total. The Kier molecular flexibility index (Phi) is 5.63. The molecule has 1 aliphatic rings. The average Bonchev–Trinajstić information content (AvgIpc) is 3.11. The van der Waals surface area contributed by atoms with Crippen molar-refractivity contribution in [2.45, 2.75) is 39.4 Å². The summed E-state index contributed by atoms with van der Waals surface area (Å²) in [4.78, 5) is 2.59. The fourth-order valence-corrected chi connectivity index (χ4v) is 4.34. The Balaban J connectivity index is 1.73. The lowest BCUT2D eigenvalue weighted by Gasteiger charge is -2.31. The number of aryl methyl sites for hydroxylation is 3. The molecule has 1 aromatic heterocycles. The maximum absolute atomic E-state index is 5.53. The largest absolute Gasteiger partial charge is 0.493 e. The Morgan fingerprint density at radius 3 is 2.48 bits per heavy atom. The van der Waals surface area contributed by atoms with Crippen LogP contribution in [0, 0.1) is 13.8 Å². The molecule has 2 aromatic carbocycles. The zero-order valence-electron chi connectivity index (χ0n) is 17.8. The number of ether oxygens (including phenoxy) is 2. The molecule has 4 heteroatoms. The fraction of sp³-hybridized carbons (Fsp3) is 0.360. The molecule has 3 aromatic rings. The molecule has 0 saturated heterocycles. The summed E-state index contributed by atoms with van der Waals surface area (Å²) in [7, 11) is 3.37. The van der Waals surface area contributed by atoms with Gasteiger partial charge in [0, 0.05) is 31.5 Å². The highest BCUT2D eigenvalue weighted by Gasteiger charge is 2.27. The Bertz CT molecular complexity index is 992. The molecule has 152 valence electrons. The molecule has 0 unspecified atom stereocenters. The second kappa shape index (κ2) is 8.34. The van der Waals surface area contributed by atoms with Gasteiger partial charge in [0.15, 0.2) is 11.5 Å². The molecule has 1 atom stereocenters. The van der Waals surface area contributed by atoms with Crippen LogP contribution in [-0.4, -0.2) is 30.2 Å². The third-order valence-corrected chi connectivity index (χ3v) is 6.03. The number of fused-ring (bicyclic) bond motifs is 1. The van der Waals surface area contributed by atoms with Crippen LogP contribution in [0.25, 0.3) is 0 Å². The van der Waals surface area contributed by atoms with Crippen molar-refractivity contribution in [3.8, 4) is 11.5 Å². The standard InChI is InChI=1S/C25H30N2O2/c1-18-8-10-21(15-19(18)2)25-22-7-5-12-26(22)13-6-14-27(25)17-20-9-11-23(28-3)24(16-20)29-4/h5,7-12,15-16,25H,6,13-14,17H2,1-4H3/t25-/m1/s1. The third-order valence-electron chi connectivity index (χ3n) is 6.03. The van der Waals surface area contributed by atoms with Crippen LogP contribution in [-0.2, 0) is 13.1 Å². The Labute approximate surface area is 173 Å². The molecule has 4 rings (SSSR count). The molecular formula is C25H30N2O2. The minimum Gasteiger partial charge on any atom is -0.493 e. The maximum Gasteiger partial charge on any atom is 0.161 e. The van der Waals surface area contributed by atoms with Gasteiger partial charge >= 0.3 is 0 Å². The average molecular weight is 391 g/mol. The van der Waals surface area contributed by atoms with Gasteiger partial charge in [-0.1, -0.05) is 24.3 Å². The Morgan fingerprint density at radius 1 is 0.897 bits per heavy atom. The fourth-order valence-electron chi connectivity index (χ4n) is 4.34. The molecule has 0 spiro atoms. The van der Waals surface area contributed by atoms with Gasteiger partial charge in [0.05, 0.1) is 20.3 Å². The summed E-state index contributed by atoms with van der Waals surface area (Å²) in [6.07, 6.45) is 3.35. The van der Waals surface area contributed by atoms with Gasteiger partial charge in [0.25, 0.3) is 0 Å². The van der Waals surface area contributed by atoms with Crippen LogP contribution in [0.5, 0.6) is 11.5 Å². The predicted molar refractivity (Wildman–Crippen MR) is 117 cm³/mol. The van der Waals surface area contributed by atoms with Crippen molar-refractivity contribution in [3.63, 3.8) is 0 Å². The zero-order valence-corrected chi connectivity index (χ0v) is 17.8. The molecule has 0 bridgehead atoms. The second-order valence-electron chi connectivity index (χ2n) is 7.89. The van der Waals surface area contributed by atoms with E-state index < -0.39 is 0 Å². The van der Waals surface area contributed by atoms with Crippen molar-refractivity contribution >= 4 is 0 Å². The lowest BCUT2D eigenvalue weighted by atomic mass is 9.97. The molecule has 2 heterocycles. The molecule has 0 saturated carbocycles. The number of rotatable bonds is 5. The van der Waals surface area contributed by atoms with Gasteiger partial charge in [0.1, 0.15) is 0 Å². The topological polar surface area (TPSA) is 26.6 Å². The SMILES string of the molecule is COc1ccc(CN2CCCn3cccc3[C@H]2c2ccc(C)c(C)c2)cc1OC. The lowest BCUT2D eigenvalue weighted by molar-refractivity contribution is 0.220. The first-order valence-corrected chi connectivity index (χ1v) is 10.3. The first-order chi connectivity index (χ1) is 14.1. The molecule has 0 amide bonds. The number of benzene rings is 2. The molecule has 0 aliphatic carbocycles. The van der Waals surface area contributed by atoms with E-state index in [4.69, 9.17) is 9.47 Å². The maximum atomic E-state index is 5.53. The second-order valence-corrected chi connectivity index (χ2v) is 7.89. The molecular weight excluding hydrogens is 360 g/mol. The summed E-state index contributed by atoms with van der Waals surface area (Å²) < 4.78 is 13.3. The van der Waals surface area contributed by atoms with E-state index in [1.165, 1.54) is 27.9 Å². The van der Waals surface area contributed by atoms with Crippen molar-refractivity contribution in [1.29, 1.82) is 0 Å². The summed E-state index contributed by atoms with van der Waals surface area (Å²) in [5.74, 6) is 1.55. The summed E-state index contributed by atoms with van der Waals surface area (Å²) in [5, 5.41) is 0. The molecule has 0 fully saturated rings. The van der Waals surface area contributed by atoms with Crippen molar-refractivity contribution in [1.82, 2.24) is 9.47 Å². The number of hydrogen-bond acceptors (Lipinski definition) is 3. The summed E-state index contributed by atoms with van der Waals surface area (Å²) in [6.45, 7) is 7.35. The summed E-state index contributed by atoms with van der Waals surface area (Å²) >= 11 is 0. The minimum absolute atomic E-state index is 0.236. The number of aromatic nitrogens is 1. The first-order valence-electron chi connectivity index (χ1n) is 10.3. The van der Waals surface area contributed by atoms with Crippen LogP contribution in [0.4, 0.5) is 0 Å². The van der Waals surface area contributed by atoms with Crippen LogP contribution in [0.2, 0.25) is 0 Å². The number of hydrogen-bond donors (Lipinski definition) is 0. The van der Waals surface area contributed by atoms with E-state index in [2.05, 4.69) is 72.0 Å². The lowest BCUT2D eigenvalue weighted by Crippen LogP contribution is -2.29. The highest BCUT2D eigenvalue weighted by Crippen LogP contribution is 2.35. The number of methoxy groups -OCH3 is 2. The van der Waals surface area contributed by atoms with Crippen molar-refractivity contribution in [2.24, 2.45) is 0 Å². The smallest absolute Gasteiger partial charge is 0.161 e. The van der Waals surface area contributed by atoms with E-state index in [0.29, 0.717) is 0 Å². The minimum atomic E-state index is 0.236. The summed E-state index contributed by atoms with van der Waals surface area (Å²) in [5.41, 5.74) is 6.64. The van der Waals surface area contributed by atoms with Gasteiger partial charge < -0.3 is 14.0 Å². The van der Waals surface area contributed by atoms with Gasteiger partial charge in [-0.2, -0.15) is 0 Å². The molecule has 4 nitrogen and oxygen atoms in total. The van der Waals surface area contributed by atoms with E-state index >= 15 is 0 Å². The zero-order chi connectivity index (χ0) is 20.4. The van der Waals surface area contributed by atoms with E-state index in [-0.39, 0.29) is 6.04 Å². The Morgan fingerprint density at radius 2 is 1.72 bits per heavy atom. The van der Waals surface area contributed by atoms with Crippen LogP contribution in [0.1, 0.15) is 40.4 Å². The van der Waals surface area contributed by atoms with E-state index in [1.807, 2.05) is 6.07 Å². The summed E-state index contributed by atoms with van der Waals surface area (Å²) in [6, 6.07) is 17.8. The first kappa shape index (κ1) is 19.6. The molecule has 1 aliphatic heterocycles. The quantitative estimate of drug-likeness (QED) is 0.605. The predicted octanol–water partition coefficient (Wildman–Crippen LogP) is 5.12. The van der Waals surface area contributed by atoms with Crippen LogP contribution < -0.4 is 9.47 Å². The van der Waals surface area contributed by atoms with Crippen LogP contribution in [0.3, 0.4) is 0 Å².